The van der Waals surface area contributed by atoms with Crippen LogP contribution in [0.1, 0.15) is 12.0 Å². The van der Waals surface area contributed by atoms with Crippen LogP contribution in [0, 0.1) is 0 Å². The molecule has 2 N–H and O–H groups in total. The Balaban J connectivity index is 1.95. The van der Waals surface area contributed by atoms with E-state index in [1.54, 1.807) is 6.07 Å². The van der Waals surface area contributed by atoms with E-state index in [9.17, 15) is 17.6 Å². The predicted molar refractivity (Wildman–Crippen MR) is 67.7 cm³/mol. The SMILES string of the molecule is NC1=NC(CCc2cccc(OC(F)(F)C(F)F)c2)CO1. The highest BCUT2D eigenvalue weighted by Gasteiger charge is 2.43. The van der Waals surface area contributed by atoms with Crippen LogP contribution in [0.15, 0.2) is 29.3 Å². The highest BCUT2D eigenvalue weighted by Crippen LogP contribution is 2.28. The maximum Gasteiger partial charge on any atom is 0.461 e. The third kappa shape index (κ3) is 4.24. The standard InChI is InChI=1S/C13H14F4N2O2/c14-11(15)13(16,17)21-10-3-1-2-8(6-10)4-5-9-7-20-12(18)19-9/h1-3,6,9,11H,4-5,7H2,(H2,18,19). The monoisotopic (exact) mass is 306 g/mol. The van der Waals surface area contributed by atoms with Crippen molar-refractivity contribution < 1.29 is 27.0 Å². The largest absolute Gasteiger partial charge is 0.463 e. The molecule has 0 amide bonds. The second-order valence-electron chi connectivity index (χ2n) is 4.58. The second kappa shape index (κ2) is 6.19. The maximum absolute atomic E-state index is 12.8. The van der Waals surface area contributed by atoms with Crippen LogP contribution in [-0.2, 0) is 11.2 Å². The zero-order valence-corrected chi connectivity index (χ0v) is 10.9. The average molecular weight is 306 g/mol. The Bertz CT molecular complexity index is 523. The fourth-order valence-corrected chi connectivity index (χ4v) is 1.88. The van der Waals surface area contributed by atoms with Gasteiger partial charge in [-0.25, -0.2) is 4.99 Å². The van der Waals surface area contributed by atoms with Crippen LogP contribution in [0.5, 0.6) is 5.75 Å². The first-order valence-electron chi connectivity index (χ1n) is 6.27. The highest BCUT2D eigenvalue weighted by molar-refractivity contribution is 5.72. The minimum atomic E-state index is -4.50. The third-order valence-corrected chi connectivity index (χ3v) is 2.91. The molecule has 1 aliphatic heterocycles. The molecule has 1 heterocycles. The molecule has 1 unspecified atom stereocenters. The number of aryl methyl sites for hydroxylation is 1. The zero-order chi connectivity index (χ0) is 15.5. The van der Waals surface area contributed by atoms with E-state index in [0.29, 0.717) is 25.0 Å². The zero-order valence-electron chi connectivity index (χ0n) is 10.9. The molecule has 0 saturated carbocycles. The smallest absolute Gasteiger partial charge is 0.461 e. The average Bonchev–Trinajstić information content (AvgIpc) is 2.82. The van der Waals surface area contributed by atoms with Gasteiger partial charge in [0, 0.05) is 0 Å². The number of benzene rings is 1. The van der Waals surface area contributed by atoms with Gasteiger partial charge in [-0.15, -0.1) is 0 Å². The molecule has 0 aliphatic carbocycles. The molecule has 0 aromatic heterocycles. The van der Waals surface area contributed by atoms with Crippen molar-refractivity contribution in [2.75, 3.05) is 6.61 Å². The molecular weight excluding hydrogens is 292 g/mol. The van der Waals surface area contributed by atoms with Gasteiger partial charge in [-0.3, -0.25) is 0 Å². The lowest BCUT2D eigenvalue weighted by molar-refractivity contribution is -0.253. The van der Waals surface area contributed by atoms with Crippen LogP contribution in [0.3, 0.4) is 0 Å². The fraction of sp³-hybridized carbons (Fsp3) is 0.462. The first kappa shape index (κ1) is 15.4. The van der Waals surface area contributed by atoms with Crippen LogP contribution in [0.2, 0.25) is 0 Å². The molecule has 1 aromatic carbocycles. The van der Waals surface area contributed by atoms with E-state index < -0.39 is 12.5 Å². The summed E-state index contributed by atoms with van der Waals surface area (Å²) in [5.41, 5.74) is 6.05. The van der Waals surface area contributed by atoms with E-state index in [-0.39, 0.29) is 17.8 Å². The Labute approximate surface area is 118 Å². The van der Waals surface area contributed by atoms with Gasteiger partial charge in [-0.05, 0) is 30.5 Å². The number of halogens is 4. The number of nitrogens with zero attached hydrogens (tertiary/aromatic N) is 1. The maximum atomic E-state index is 12.8. The van der Waals surface area contributed by atoms with E-state index in [1.165, 1.54) is 18.2 Å². The highest BCUT2D eigenvalue weighted by atomic mass is 19.3. The van der Waals surface area contributed by atoms with Gasteiger partial charge in [0.15, 0.2) is 0 Å². The number of nitrogens with two attached hydrogens (primary N) is 1. The lowest BCUT2D eigenvalue weighted by Gasteiger charge is -2.17. The van der Waals surface area contributed by atoms with Crippen molar-refractivity contribution in [3.63, 3.8) is 0 Å². The number of rotatable bonds is 6. The first-order valence-corrected chi connectivity index (χ1v) is 6.27. The molecule has 1 aromatic rings. The molecule has 0 fully saturated rings. The van der Waals surface area contributed by atoms with E-state index in [2.05, 4.69) is 9.73 Å². The molecule has 116 valence electrons. The normalized spacial score (nSPS) is 18.5. The van der Waals surface area contributed by atoms with Crippen molar-refractivity contribution in [2.45, 2.75) is 31.4 Å². The minimum absolute atomic E-state index is 0.0860. The Morgan fingerprint density at radius 3 is 2.81 bits per heavy atom. The van der Waals surface area contributed by atoms with Crippen molar-refractivity contribution in [3.8, 4) is 5.75 Å². The summed E-state index contributed by atoms with van der Waals surface area (Å²) in [6.45, 7) is 0.380. The minimum Gasteiger partial charge on any atom is -0.463 e. The number of aliphatic imine (C=N–C) groups is 1. The van der Waals surface area contributed by atoms with Gasteiger partial charge in [0.25, 0.3) is 6.02 Å². The molecular formula is C13H14F4N2O2. The van der Waals surface area contributed by atoms with Gasteiger partial charge in [0.05, 0.1) is 6.04 Å². The fourth-order valence-electron chi connectivity index (χ4n) is 1.88. The quantitative estimate of drug-likeness (QED) is 0.822. The van der Waals surface area contributed by atoms with Gasteiger partial charge in [0.1, 0.15) is 12.4 Å². The summed E-state index contributed by atoms with van der Waals surface area (Å²) < 4.78 is 58.8. The van der Waals surface area contributed by atoms with Gasteiger partial charge in [0.2, 0.25) is 0 Å². The van der Waals surface area contributed by atoms with Gasteiger partial charge < -0.3 is 15.2 Å². The Kier molecular flexibility index (Phi) is 4.54. The number of ether oxygens (including phenoxy) is 2. The lowest BCUT2D eigenvalue weighted by atomic mass is 10.1. The van der Waals surface area contributed by atoms with Gasteiger partial charge in [-0.1, -0.05) is 12.1 Å². The third-order valence-electron chi connectivity index (χ3n) is 2.91. The number of hydrogen-bond donors (Lipinski definition) is 1. The summed E-state index contributed by atoms with van der Waals surface area (Å²) >= 11 is 0. The first-order chi connectivity index (χ1) is 9.87. The second-order valence-corrected chi connectivity index (χ2v) is 4.58. The lowest BCUT2D eigenvalue weighted by Crippen LogP contribution is -2.33. The molecule has 0 saturated heterocycles. The summed E-state index contributed by atoms with van der Waals surface area (Å²) in [6.07, 6.45) is -7.26. The summed E-state index contributed by atoms with van der Waals surface area (Å²) in [6, 6.07) is 5.71. The molecule has 2 rings (SSSR count). The van der Waals surface area contributed by atoms with Crippen LogP contribution < -0.4 is 10.5 Å². The Hall–Kier alpha value is -1.99. The molecule has 8 heteroatoms. The summed E-state index contributed by atoms with van der Waals surface area (Å²) in [4.78, 5) is 4.03. The van der Waals surface area contributed by atoms with Crippen molar-refractivity contribution in [1.82, 2.24) is 0 Å². The predicted octanol–water partition coefficient (Wildman–Crippen LogP) is 2.57. The van der Waals surface area contributed by atoms with Crippen LogP contribution in [-0.4, -0.2) is 31.2 Å². The van der Waals surface area contributed by atoms with Gasteiger partial charge >= 0.3 is 12.5 Å². The van der Waals surface area contributed by atoms with Crippen molar-refractivity contribution >= 4 is 6.02 Å². The molecule has 0 spiro atoms. The van der Waals surface area contributed by atoms with Crippen molar-refractivity contribution in [1.29, 1.82) is 0 Å². The number of hydrogen-bond acceptors (Lipinski definition) is 4. The summed E-state index contributed by atoms with van der Waals surface area (Å²) in [7, 11) is 0. The van der Waals surface area contributed by atoms with Crippen LogP contribution in [0.4, 0.5) is 17.6 Å². The van der Waals surface area contributed by atoms with E-state index in [0.717, 1.165) is 0 Å². The van der Waals surface area contributed by atoms with Crippen LogP contribution >= 0.6 is 0 Å². The Morgan fingerprint density at radius 2 is 2.19 bits per heavy atom. The molecule has 0 bridgehead atoms. The van der Waals surface area contributed by atoms with Crippen molar-refractivity contribution in [2.24, 2.45) is 10.7 Å². The molecule has 4 nitrogen and oxygen atoms in total. The molecule has 1 atom stereocenters. The summed E-state index contributed by atoms with van der Waals surface area (Å²) in [5, 5.41) is 0. The van der Waals surface area contributed by atoms with Gasteiger partial charge in [-0.2, -0.15) is 17.6 Å². The van der Waals surface area contributed by atoms with Crippen molar-refractivity contribution in [3.05, 3.63) is 29.8 Å². The van der Waals surface area contributed by atoms with Crippen LogP contribution in [0.25, 0.3) is 0 Å². The number of alkyl halides is 4. The summed E-state index contributed by atoms with van der Waals surface area (Å²) in [5.74, 6) is -0.302. The molecule has 0 radical (unpaired) electrons. The Morgan fingerprint density at radius 1 is 1.43 bits per heavy atom. The molecule has 21 heavy (non-hydrogen) atoms. The van der Waals surface area contributed by atoms with E-state index in [1.807, 2.05) is 0 Å². The van der Waals surface area contributed by atoms with E-state index in [4.69, 9.17) is 10.5 Å². The van der Waals surface area contributed by atoms with E-state index >= 15 is 0 Å². The molecule has 1 aliphatic rings. The topological polar surface area (TPSA) is 56.8 Å². The number of amidine groups is 1.